The van der Waals surface area contributed by atoms with Crippen LogP contribution in [0.25, 0.3) is 0 Å². The fourth-order valence-corrected chi connectivity index (χ4v) is 1.35. The summed E-state index contributed by atoms with van der Waals surface area (Å²) in [6.07, 6.45) is -8.81. The van der Waals surface area contributed by atoms with Crippen molar-refractivity contribution in [1.29, 1.82) is 10.5 Å². The number of ether oxygens (including phenoxy) is 1. The summed E-state index contributed by atoms with van der Waals surface area (Å²) in [6, 6.07) is 2.92. The Morgan fingerprint density at radius 3 is 2.37 bits per heavy atom. The monoisotopic (exact) mass is 277 g/mol. The van der Waals surface area contributed by atoms with Gasteiger partial charge in [-0.3, -0.25) is 0 Å². The lowest BCUT2D eigenvalue weighted by molar-refractivity contribution is -0.275. The quantitative estimate of drug-likeness (QED) is 0.796. The van der Waals surface area contributed by atoms with Crippen LogP contribution in [-0.2, 0) is 6.42 Å². The zero-order valence-corrected chi connectivity index (χ0v) is 9.00. The molecule has 0 amide bonds. The summed E-state index contributed by atoms with van der Waals surface area (Å²) in [5.41, 5.74) is -2.25. The van der Waals surface area contributed by atoms with Gasteiger partial charge in [0.15, 0.2) is 5.75 Å². The molecule has 0 atom stereocenters. The summed E-state index contributed by atoms with van der Waals surface area (Å²) in [6.45, 7) is 0. The van der Waals surface area contributed by atoms with Gasteiger partial charge in [0.1, 0.15) is 11.8 Å². The third kappa shape index (κ3) is 3.52. The Kier molecular flexibility index (Phi) is 4.22. The van der Waals surface area contributed by atoms with Gasteiger partial charge in [-0.25, -0.2) is 13.8 Å². The van der Waals surface area contributed by atoms with E-state index in [1.807, 2.05) is 0 Å². The maximum atomic E-state index is 12.8. The molecule has 1 aromatic heterocycles. The van der Waals surface area contributed by atoms with E-state index in [2.05, 4.69) is 9.72 Å². The number of halogens is 5. The summed E-state index contributed by atoms with van der Waals surface area (Å²) in [7, 11) is 0. The number of nitriles is 2. The number of hydrogen-bond acceptors (Lipinski definition) is 4. The molecule has 0 aliphatic carbocycles. The molecule has 0 fully saturated rings. The molecule has 0 radical (unpaired) electrons. The highest BCUT2D eigenvalue weighted by Gasteiger charge is 2.35. The van der Waals surface area contributed by atoms with E-state index in [9.17, 15) is 22.0 Å². The number of pyridine rings is 1. The lowest BCUT2D eigenvalue weighted by atomic mass is 10.0. The van der Waals surface area contributed by atoms with Gasteiger partial charge in [0.2, 0.25) is 0 Å². The van der Waals surface area contributed by atoms with Gasteiger partial charge >= 0.3 is 6.36 Å². The van der Waals surface area contributed by atoms with Crippen molar-refractivity contribution < 1.29 is 26.7 Å². The molecule has 0 aliphatic heterocycles. The summed E-state index contributed by atoms with van der Waals surface area (Å²) in [4.78, 5) is 3.27. The van der Waals surface area contributed by atoms with Crippen LogP contribution in [0.1, 0.15) is 23.2 Å². The highest BCUT2D eigenvalue weighted by Crippen LogP contribution is 2.36. The van der Waals surface area contributed by atoms with E-state index in [-0.39, 0.29) is 0 Å². The summed E-state index contributed by atoms with van der Waals surface area (Å²) in [5, 5.41) is 17.1. The molecule has 0 bridgehead atoms. The Morgan fingerprint density at radius 1 is 1.32 bits per heavy atom. The third-order valence-corrected chi connectivity index (χ3v) is 1.99. The predicted octanol–water partition coefficient (Wildman–Crippen LogP) is 2.86. The first-order chi connectivity index (χ1) is 8.80. The van der Waals surface area contributed by atoms with Crippen LogP contribution in [0.15, 0.2) is 6.20 Å². The van der Waals surface area contributed by atoms with Crippen LogP contribution >= 0.6 is 0 Å². The van der Waals surface area contributed by atoms with E-state index in [0.29, 0.717) is 6.20 Å². The molecule has 0 aliphatic rings. The molecule has 100 valence electrons. The average Bonchev–Trinajstić information content (AvgIpc) is 2.27. The van der Waals surface area contributed by atoms with Crippen molar-refractivity contribution in [2.45, 2.75) is 19.2 Å². The minimum absolute atomic E-state index is 0.383. The fourth-order valence-electron chi connectivity index (χ4n) is 1.35. The van der Waals surface area contributed by atoms with Gasteiger partial charge in [-0.1, -0.05) is 0 Å². The normalized spacial score (nSPS) is 10.9. The molecule has 0 spiro atoms. The lowest BCUT2D eigenvalue weighted by Crippen LogP contribution is -2.19. The van der Waals surface area contributed by atoms with Crippen molar-refractivity contribution in [3.8, 4) is 17.9 Å². The zero-order valence-electron chi connectivity index (χ0n) is 9.00. The summed E-state index contributed by atoms with van der Waals surface area (Å²) < 4.78 is 65.2. The molecule has 1 aromatic rings. The first-order valence-electron chi connectivity index (χ1n) is 4.63. The lowest BCUT2D eigenvalue weighted by Gasteiger charge is -2.15. The van der Waals surface area contributed by atoms with Crippen LogP contribution in [0.2, 0.25) is 0 Å². The molecule has 0 saturated carbocycles. The molecule has 1 heterocycles. The van der Waals surface area contributed by atoms with Gasteiger partial charge in [-0.2, -0.15) is 10.5 Å². The first-order valence-corrected chi connectivity index (χ1v) is 4.63. The average molecular weight is 277 g/mol. The number of hydrogen-bond donors (Lipinski definition) is 0. The van der Waals surface area contributed by atoms with Crippen molar-refractivity contribution >= 4 is 0 Å². The summed E-state index contributed by atoms with van der Waals surface area (Å²) >= 11 is 0. The molecule has 19 heavy (non-hydrogen) atoms. The minimum atomic E-state index is -5.18. The number of rotatable bonds is 3. The van der Waals surface area contributed by atoms with Gasteiger partial charge in [0, 0.05) is 5.56 Å². The van der Waals surface area contributed by atoms with E-state index >= 15 is 0 Å². The van der Waals surface area contributed by atoms with Crippen LogP contribution in [-0.4, -0.2) is 11.3 Å². The SMILES string of the molecule is N#CCc1c(C#N)ncc(OC(F)(F)F)c1C(F)F. The van der Waals surface area contributed by atoms with Crippen LogP contribution in [0.4, 0.5) is 22.0 Å². The Bertz CT molecular complexity index is 556. The maximum absolute atomic E-state index is 12.8. The first kappa shape index (κ1) is 14.6. The second-order valence-corrected chi connectivity index (χ2v) is 3.16. The Morgan fingerprint density at radius 2 is 1.95 bits per heavy atom. The second kappa shape index (κ2) is 5.48. The van der Waals surface area contributed by atoms with Gasteiger partial charge in [0.05, 0.1) is 24.3 Å². The van der Waals surface area contributed by atoms with Crippen molar-refractivity contribution in [3.63, 3.8) is 0 Å². The molecule has 0 unspecified atom stereocenters. The molecule has 0 N–H and O–H groups in total. The second-order valence-electron chi connectivity index (χ2n) is 3.16. The van der Waals surface area contributed by atoms with Crippen LogP contribution in [0, 0.1) is 22.7 Å². The fraction of sp³-hybridized carbons (Fsp3) is 0.300. The van der Waals surface area contributed by atoms with Gasteiger partial charge in [-0.05, 0) is 0 Å². The largest absolute Gasteiger partial charge is 0.573 e. The minimum Gasteiger partial charge on any atom is -0.404 e. The zero-order chi connectivity index (χ0) is 14.6. The van der Waals surface area contributed by atoms with E-state index in [1.54, 1.807) is 0 Å². The van der Waals surface area contributed by atoms with Gasteiger partial charge in [-0.15, -0.1) is 13.2 Å². The standard InChI is InChI=1S/C10H4F5N3O/c11-9(12)8-5(1-2-16)6(3-17)18-4-7(8)19-10(13,14)15/h4,9H,1H2. The van der Waals surface area contributed by atoms with Crippen LogP contribution < -0.4 is 4.74 Å². The number of alkyl halides is 5. The smallest absolute Gasteiger partial charge is 0.404 e. The van der Waals surface area contributed by atoms with Crippen molar-refractivity contribution in [3.05, 3.63) is 23.0 Å². The Balaban J connectivity index is 3.46. The summed E-state index contributed by atoms with van der Waals surface area (Å²) in [5.74, 6) is -1.22. The third-order valence-electron chi connectivity index (χ3n) is 1.99. The molecule has 9 heteroatoms. The highest BCUT2D eigenvalue weighted by atomic mass is 19.4. The Labute approximate surface area is 103 Å². The number of aromatic nitrogens is 1. The van der Waals surface area contributed by atoms with E-state index in [1.165, 1.54) is 12.1 Å². The van der Waals surface area contributed by atoms with Crippen LogP contribution in [0.3, 0.4) is 0 Å². The molecular weight excluding hydrogens is 273 g/mol. The maximum Gasteiger partial charge on any atom is 0.573 e. The highest BCUT2D eigenvalue weighted by molar-refractivity contribution is 5.47. The molecule has 0 aromatic carbocycles. The topological polar surface area (TPSA) is 69.7 Å². The van der Waals surface area contributed by atoms with E-state index < -0.39 is 41.8 Å². The van der Waals surface area contributed by atoms with Crippen molar-refractivity contribution in [1.82, 2.24) is 4.98 Å². The van der Waals surface area contributed by atoms with E-state index in [0.717, 1.165) is 0 Å². The Hall–Kier alpha value is -2.42. The van der Waals surface area contributed by atoms with Crippen molar-refractivity contribution in [2.75, 3.05) is 0 Å². The predicted molar refractivity (Wildman–Crippen MR) is 49.9 cm³/mol. The molecule has 4 nitrogen and oxygen atoms in total. The molecular formula is C10H4F5N3O. The van der Waals surface area contributed by atoms with E-state index in [4.69, 9.17) is 10.5 Å². The van der Waals surface area contributed by atoms with Crippen LogP contribution in [0.5, 0.6) is 5.75 Å². The van der Waals surface area contributed by atoms with Gasteiger partial charge in [0.25, 0.3) is 6.43 Å². The molecule has 0 saturated heterocycles. The molecule has 1 rings (SSSR count). The van der Waals surface area contributed by atoms with Crippen molar-refractivity contribution in [2.24, 2.45) is 0 Å². The number of nitrogens with zero attached hydrogens (tertiary/aromatic N) is 3. The van der Waals surface area contributed by atoms with Gasteiger partial charge < -0.3 is 4.74 Å².